The zero-order valence-electron chi connectivity index (χ0n) is 14.4. The summed E-state index contributed by atoms with van der Waals surface area (Å²) in [5.41, 5.74) is -0.847. The van der Waals surface area contributed by atoms with E-state index in [4.69, 9.17) is 0 Å². The van der Waals surface area contributed by atoms with Crippen LogP contribution in [0.1, 0.15) is 45.1 Å². The van der Waals surface area contributed by atoms with Crippen LogP contribution < -0.4 is 0 Å². The Morgan fingerprint density at radius 3 is 2.38 bits per heavy atom. The van der Waals surface area contributed by atoms with Crippen molar-refractivity contribution in [2.45, 2.75) is 45.6 Å². The molecule has 0 spiro atoms. The Bertz CT molecular complexity index is 761. The van der Waals surface area contributed by atoms with Crippen LogP contribution in [-0.2, 0) is 15.6 Å². The number of hydrogen-bond acceptors (Lipinski definition) is 2. The van der Waals surface area contributed by atoms with Crippen molar-refractivity contribution in [1.82, 2.24) is 0 Å². The Balaban J connectivity index is 1.77. The van der Waals surface area contributed by atoms with E-state index in [1.165, 1.54) is 5.57 Å². The lowest BCUT2D eigenvalue weighted by atomic mass is 10.1. The number of halogens is 5. The van der Waals surface area contributed by atoms with Crippen molar-refractivity contribution in [3.63, 3.8) is 0 Å². The molecule has 2 atom stereocenters. The van der Waals surface area contributed by atoms with Gasteiger partial charge < -0.3 is 4.74 Å². The third kappa shape index (κ3) is 3.23. The number of benzene rings is 1. The maximum absolute atomic E-state index is 14.2. The monoisotopic (exact) mass is 374 g/mol. The van der Waals surface area contributed by atoms with Gasteiger partial charge in [0, 0.05) is 0 Å². The van der Waals surface area contributed by atoms with Crippen LogP contribution in [0.4, 0.5) is 22.0 Å². The second-order valence-electron chi connectivity index (χ2n) is 7.52. The van der Waals surface area contributed by atoms with Crippen LogP contribution in [0.15, 0.2) is 23.8 Å². The van der Waals surface area contributed by atoms with Gasteiger partial charge in [-0.3, -0.25) is 4.79 Å². The van der Waals surface area contributed by atoms with E-state index in [2.05, 4.69) is 4.74 Å². The summed E-state index contributed by atoms with van der Waals surface area (Å²) in [5, 5.41) is 0. The average Bonchev–Trinajstić information content (AvgIpc) is 2.88. The normalized spacial score (nSPS) is 24.5. The Morgan fingerprint density at radius 1 is 1.15 bits per heavy atom. The van der Waals surface area contributed by atoms with Gasteiger partial charge >= 0.3 is 12.1 Å². The maximum atomic E-state index is 14.2. The zero-order chi connectivity index (χ0) is 19.3. The second kappa shape index (κ2) is 6.35. The Kier molecular flexibility index (Phi) is 4.61. The zero-order valence-corrected chi connectivity index (χ0v) is 14.4. The van der Waals surface area contributed by atoms with E-state index >= 15 is 0 Å². The predicted molar refractivity (Wildman–Crippen MR) is 83.6 cm³/mol. The molecule has 2 nitrogen and oxygen atoms in total. The molecule has 142 valence electrons. The van der Waals surface area contributed by atoms with Crippen molar-refractivity contribution in [3.05, 3.63) is 46.8 Å². The highest BCUT2D eigenvalue weighted by atomic mass is 19.3. The van der Waals surface area contributed by atoms with Gasteiger partial charge in [-0.05, 0) is 49.1 Å². The summed E-state index contributed by atoms with van der Waals surface area (Å²) in [4.78, 5) is 12.2. The van der Waals surface area contributed by atoms with Gasteiger partial charge in [-0.15, -0.1) is 0 Å². The molecule has 0 radical (unpaired) electrons. The van der Waals surface area contributed by atoms with E-state index in [1.807, 2.05) is 6.08 Å². The van der Waals surface area contributed by atoms with Crippen LogP contribution in [-0.4, -0.2) is 5.97 Å². The third-order valence-electron chi connectivity index (χ3n) is 5.40. The quantitative estimate of drug-likeness (QED) is 0.302. The summed E-state index contributed by atoms with van der Waals surface area (Å²) >= 11 is 0. The molecule has 2 aliphatic rings. The topological polar surface area (TPSA) is 26.3 Å². The van der Waals surface area contributed by atoms with Gasteiger partial charge in [0.25, 0.3) is 0 Å². The Hall–Kier alpha value is -1.92. The van der Waals surface area contributed by atoms with Gasteiger partial charge in [0.15, 0.2) is 17.5 Å². The summed E-state index contributed by atoms with van der Waals surface area (Å²) in [6.07, 6.45) is 1.58. The number of ether oxygens (including phenoxy) is 1. The van der Waals surface area contributed by atoms with Crippen LogP contribution in [0.3, 0.4) is 0 Å². The molecule has 1 aromatic carbocycles. The minimum atomic E-state index is -4.39. The van der Waals surface area contributed by atoms with Crippen molar-refractivity contribution in [3.8, 4) is 0 Å². The lowest BCUT2D eigenvalue weighted by Gasteiger charge is -2.18. The van der Waals surface area contributed by atoms with Crippen LogP contribution in [0.5, 0.6) is 0 Å². The smallest absolute Gasteiger partial charge is 0.397 e. The molecule has 2 fully saturated rings. The van der Waals surface area contributed by atoms with Crippen LogP contribution in [0.2, 0.25) is 0 Å². The summed E-state index contributed by atoms with van der Waals surface area (Å²) in [6.45, 7) is 3.54. The van der Waals surface area contributed by atoms with E-state index in [9.17, 15) is 26.7 Å². The largest absolute Gasteiger partial charge is 0.431 e. The summed E-state index contributed by atoms with van der Waals surface area (Å²) in [5.74, 6) is -7.89. The molecule has 2 aliphatic carbocycles. The standard InChI is InChI=1S/C19H19F5O2/c1-18(2)12(9-10-5-3-4-6-10)14(18)17(25)26-19(23,24)11-7-8-13(20)16(22)15(11)21/h7-9,12,14H,3-6H2,1-2H3. The molecule has 0 N–H and O–H groups in total. The molecule has 7 heteroatoms. The second-order valence-corrected chi connectivity index (χ2v) is 7.52. The number of hydrogen-bond donors (Lipinski definition) is 0. The number of allylic oxidation sites excluding steroid dienone is 2. The third-order valence-corrected chi connectivity index (χ3v) is 5.40. The maximum Gasteiger partial charge on any atom is 0.431 e. The molecule has 0 saturated heterocycles. The van der Waals surface area contributed by atoms with E-state index in [-0.39, 0.29) is 5.92 Å². The number of esters is 1. The van der Waals surface area contributed by atoms with Crippen molar-refractivity contribution in [2.75, 3.05) is 0 Å². The molecule has 1 aromatic rings. The van der Waals surface area contributed by atoms with Crippen molar-refractivity contribution in [1.29, 1.82) is 0 Å². The number of alkyl halides is 2. The van der Waals surface area contributed by atoms with Gasteiger partial charge in [-0.1, -0.05) is 25.5 Å². The minimum Gasteiger partial charge on any atom is -0.397 e. The molecule has 2 saturated carbocycles. The lowest BCUT2D eigenvalue weighted by Crippen LogP contribution is -2.26. The van der Waals surface area contributed by atoms with Crippen LogP contribution >= 0.6 is 0 Å². The first kappa shape index (κ1) is 18.9. The lowest BCUT2D eigenvalue weighted by molar-refractivity contribution is -0.243. The van der Waals surface area contributed by atoms with E-state index in [0.29, 0.717) is 12.1 Å². The molecule has 0 bridgehead atoms. The van der Waals surface area contributed by atoms with Crippen molar-refractivity contribution < 1.29 is 31.5 Å². The minimum absolute atomic E-state index is 0.228. The first-order chi connectivity index (χ1) is 12.1. The number of rotatable bonds is 4. The van der Waals surface area contributed by atoms with Crippen LogP contribution in [0, 0.1) is 34.7 Å². The molecule has 0 amide bonds. The fourth-order valence-electron chi connectivity index (χ4n) is 3.68. The highest BCUT2D eigenvalue weighted by molar-refractivity contribution is 5.78. The molecule has 0 heterocycles. The van der Waals surface area contributed by atoms with E-state index in [1.54, 1.807) is 13.8 Å². The van der Waals surface area contributed by atoms with Gasteiger partial charge in [0.1, 0.15) is 5.56 Å². The fraction of sp³-hybridized carbons (Fsp3) is 0.526. The molecule has 3 rings (SSSR count). The molecule has 26 heavy (non-hydrogen) atoms. The van der Waals surface area contributed by atoms with E-state index < -0.39 is 46.4 Å². The molecule has 2 unspecified atom stereocenters. The van der Waals surface area contributed by atoms with E-state index in [0.717, 1.165) is 25.7 Å². The highest BCUT2D eigenvalue weighted by Crippen LogP contribution is 2.60. The fourth-order valence-corrected chi connectivity index (χ4v) is 3.68. The number of carbonyl (C=O) groups excluding carboxylic acids is 1. The summed E-state index contributed by atoms with van der Waals surface area (Å²) in [7, 11) is 0. The van der Waals surface area contributed by atoms with Crippen molar-refractivity contribution in [2.24, 2.45) is 17.3 Å². The van der Waals surface area contributed by atoms with Gasteiger partial charge in [-0.25, -0.2) is 13.2 Å². The first-order valence-electron chi connectivity index (χ1n) is 8.50. The average molecular weight is 374 g/mol. The highest BCUT2D eigenvalue weighted by Gasteiger charge is 2.63. The SMILES string of the molecule is CC1(C)C(C=C2CCCC2)C1C(=O)OC(F)(F)c1ccc(F)c(F)c1F. The van der Waals surface area contributed by atoms with Gasteiger partial charge in [-0.2, -0.15) is 8.78 Å². The molecule has 0 aromatic heterocycles. The Labute approximate surface area is 148 Å². The van der Waals surface area contributed by atoms with Gasteiger partial charge in [0.05, 0.1) is 5.92 Å². The van der Waals surface area contributed by atoms with Gasteiger partial charge in [0.2, 0.25) is 0 Å². The molecule has 0 aliphatic heterocycles. The predicted octanol–water partition coefficient (Wildman–Crippen LogP) is 5.47. The summed E-state index contributed by atoms with van der Waals surface area (Å²) in [6, 6.07) is 0.737. The number of carbonyl (C=O) groups is 1. The molecular weight excluding hydrogens is 355 g/mol. The Morgan fingerprint density at radius 2 is 1.77 bits per heavy atom. The van der Waals surface area contributed by atoms with Crippen molar-refractivity contribution >= 4 is 5.97 Å². The first-order valence-corrected chi connectivity index (χ1v) is 8.50. The molecular formula is C19H19F5O2. The van der Waals surface area contributed by atoms with Crippen LogP contribution in [0.25, 0.3) is 0 Å². The summed E-state index contributed by atoms with van der Waals surface area (Å²) < 4.78 is 72.3.